The van der Waals surface area contributed by atoms with Crippen LogP contribution in [-0.4, -0.2) is 19.5 Å². The highest BCUT2D eigenvalue weighted by atomic mass is 32.2. The maximum Gasteiger partial charge on any atom is 0.308 e. The van der Waals surface area contributed by atoms with Gasteiger partial charge >= 0.3 is 4.87 Å². The van der Waals surface area contributed by atoms with E-state index in [4.69, 9.17) is 0 Å². The van der Waals surface area contributed by atoms with Crippen LogP contribution in [0.4, 0.5) is 0 Å². The van der Waals surface area contributed by atoms with Crippen LogP contribution in [0.2, 0.25) is 0 Å². The van der Waals surface area contributed by atoms with E-state index in [0.717, 1.165) is 28.8 Å². The monoisotopic (exact) mass is 438 g/mol. The van der Waals surface area contributed by atoms with Gasteiger partial charge in [-0.3, -0.25) is 9.36 Å². The first-order chi connectivity index (χ1) is 14.5. The lowest BCUT2D eigenvalue weighted by Crippen LogP contribution is -2.25. The number of sulfonamides is 1. The average Bonchev–Trinajstić information content (AvgIpc) is 3.07. The second-order valence-corrected chi connectivity index (χ2v) is 9.82. The molecule has 0 aliphatic rings. The Labute approximate surface area is 179 Å². The minimum Gasteiger partial charge on any atom is -0.294 e. The second-order valence-electron chi connectivity index (χ2n) is 7.06. The minimum absolute atomic E-state index is 0.0979. The molecule has 0 spiro atoms. The van der Waals surface area contributed by atoms with Gasteiger partial charge in [0.1, 0.15) is 0 Å². The number of aromatic nitrogens is 1. The van der Waals surface area contributed by atoms with Crippen molar-refractivity contribution in [3.63, 3.8) is 0 Å². The third-order valence-electron chi connectivity index (χ3n) is 4.91. The molecular formula is C23H22N2O3S2. The fourth-order valence-electron chi connectivity index (χ4n) is 3.36. The zero-order valence-corrected chi connectivity index (χ0v) is 18.0. The number of benzene rings is 3. The van der Waals surface area contributed by atoms with Crippen LogP contribution < -0.4 is 9.60 Å². The minimum atomic E-state index is -3.62. The fraction of sp³-hybridized carbons (Fsp3) is 0.174. The molecule has 0 amide bonds. The molecule has 0 bridgehead atoms. The second kappa shape index (κ2) is 8.95. The SMILES string of the molecule is O=c1sc2cc(S(=O)(=O)NCCCc3ccccc3)ccc2n1Cc1ccccc1. The van der Waals surface area contributed by atoms with Gasteiger partial charge in [0.05, 0.1) is 21.7 Å². The smallest absolute Gasteiger partial charge is 0.294 e. The number of aryl methyl sites for hydroxylation is 1. The molecule has 1 N–H and O–H groups in total. The van der Waals surface area contributed by atoms with Crippen LogP contribution in [-0.2, 0) is 23.0 Å². The van der Waals surface area contributed by atoms with Crippen molar-refractivity contribution in [2.45, 2.75) is 24.3 Å². The largest absolute Gasteiger partial charge is 0.308 e. The fourth-order valence-corrected chi connectivity index (χ4v) is 5.46. The lowest BCUT2D eigenvalue weighted by atomic mass is 10.1. The molecule has 4 rings (SSSR count). The molecule has 0 saturated carbocycles. The van der Waals surface area contributed by atoms with Gasteiger partial charge in [-0.05, 0) is 42.2 Å². The Kier molecular flexibility index (Phi) is 6.13. The first-order valence-corrected chi connectivity index (χ1v) is 12.0. The number of nitrogens with zero attached hydrogens (tertiary/aromatic N) is 1. The standard InChI is InChI=1S/C23H22N2O3S2/c26-23-25(17-19-10-5-2-6-11-19)21-14-13-20(16-22(21)29-23)30(27,28)24-15-7-12-18-8-3-1-4-9-18/h1-6,8-11,13-14,16,24H,7,12,15,17H2. The summed E-state index contributed by atoms with van der Waals surface area (Å²) in [5, 5.41) is 0. The summed E-state index contributed by atoms with van der Waals surface area (Å²) in [6.45, 7) is 0.823. The van der Waals surface area contributed by atoms with Gasteiger partial charge in [0.25, 0.3) is 0 Å². The van der Waals surface area contributed by atoms with Crippen molar-refractivity contribution in [1.82, 2.24) is 9.29 Å². The van der Waals surface area contributed by atoms with Crippen molar-refractivity contribution in [2.24, 2.45) is 0 Å². The quantitative estimate of drug-likeness (QED) is 0.423. The Balaban J connectivity index is 1.48. The van der Waals surface area contributed by atoms with E-state index in [9.17, 15) is 13.2 Å². The maximum atomic E-state index is 12.7. The Morgan fingerprint density at radius 2 is 1.53 bits per heavy atom. The van der Waals surface area contributed by atoms with Gasteiger partial charge in [-0.25, -0.2) is 13.1 Å². The predicted octanol–water partition coefficient (Wildman–Crippen LogP) is 4.02. The van der Waals surface area contributed by atoms with E-state index < -0.39 is 10.0 Å². The first-order valence-electron chi connectivity index (χ1n) is 9.74. The van der Waals surface area contributed by atoms with Crippen LogP contribution in [0.15, 0.2) is 88.6 Å². The van der Waals surface area contributed by atoms with E-state index in [-0.39, 0.29) is 9.77 Å². The zero-order chi connectivity index (χ0) is 21.0. The molecule has 3 aromatic carbocycles. The molecule has 0 aliphatic heterocycles. The summed E-state index contributed by atoms with van der Waals surface area (Å²) in [7, 11) is -3.62. The number of rotatable bonds is 8. The topological polar surface area (TPSA) is 68.2 Å². The molecule has 30 heavy (non-hydrogen) atoms. The average molecular weight is 439 g/mol. The van der Waals surface area contributed by atoms with E-state index in [2.05, 4.69) is 4.72 Å². The Morgan fingerprint density at radius 3 is 2.23 bits per heavy atom. The molecule has 7 heteroatoms. The number of nitrogens with one attached hydrogen (secondary N) is 1. The summed E-state index contributed by atoms with van der Waals surface area (Å²) in [5.74, 6) is 0. The van der Waals surface area contributed by atoms with Gasteiger partial charge in [-0.2, -0.15) is 0 Å². The van der Waals surface area contributed by atoms with Crippen LogP contribution in [0.1, 0.15) is 17.5 Å². The van der Waals surface area contributed by atoms with E-state index in [1.807, 2.05) is 60.7 Å². The summed E-state index contributed by atoms with van der Waals surface area (Å²) in [4.78, 5) is 12.6. The molecule has 154 valence electrons. The molecule has 0 saturated heterocycles. The summed E-state index contributed by atoms with van der Waals surface area (Å²) >= 11 is 1.07. The highest BCUT2D eigenvalue weighted by Crippen LogP contribution is 2.22. The van der Waals surface area contributed by atoms with Crippen LogP contribution in [0.5, 0.6) is 0 Å². The Hall–Kier alpha value is -2.74. The van der Waals surface area contributed by atoms with Crippen molar-refractivity contribution in [3.05, 3.63) is 99.7 Å². The molecule has 0 fully saturated rings. The molecule has 0 atom stereocenters. The summed E-state index contributed by atoms with van der Waals surface area (Å²) < 4.78 is 30.4. The zero-order valence-electron chi connectivity index (χ0n) is 16.3. The highest BCUT2D eigenvalue weighted by molar-refractivity contribution is 7.89. The molecule has 5 nitrogen and oxygen atoms in total. The first kappa shape index (κ1) is 20.5. The van der Waals surface area contributed by atoms with Crippen LogP contribution in [0, 0.1) is 0 Å². The predicted molar refractivity (Wildman–Crippen MR) is 122 cm³/mol. The highest BCUT2D eigenvalue weighted by Gasteiger charge is 2.16. The lowest BCUT2D eigenvalue weighted by molar-refractivity contribution is 0.579. The Morgan fingerprint density at radius 1 is 0.867 bits per heavy atom. The lowest BCUT2D eigenvalue weighted by Gasteiger charge is -2.08. The van der Waals surface area contributed by atoms with Crippen molar-refractivity contribution >= 4 is 31.6 Å². The molecule has 1 aromatic heterocycles. The molecular weight excluding hydrogens is 416 g/mol. The van der Waals surface area contributed by atoms with Gasteiger partial charge < -0.3 is 0 Å². The third kappa shape index (κ3) is 4.70. The number of hydrogen-bond acceptors (Lipinski definition) is 4. The van der Waals surface area contributed by atoms with Gasteiger partial charge in [0.15, 0.2) is 0 Å². The van der Waals surface area contributed by atoms with E-state index in [1.165, 1.54) is 5.56 Å². The number of fused-ring (bicyclic) bond motifs is 1. The van der Waals surface area contributed by atoms with Crippen molar-refractivity contribution < 1.29 is 8.42 Å². The summed E-state index contributed by atoms with van der Waals surface area (Å²) in [6, 6.07) is 24.6. The van der Waals surface area contributed by atoms with E-state index in [1.54, 1.807) is 22.8 Å². The van der Waals surface area contributed by atoms with Crippen molar-refractivity contribution in [2.75, 3.05) is 6.54 Å². The van der Waals surface area contributed by atoms with E-state index in [0.29, 0.717) is 24.2 Å². The summed E-state index contributed by atoms with van der Waals surface area (Å²) in [5.41, 5.74) is 2.95. The van der Waals surface area contributed by atoms with Crippen LogP contribution in [0.3, 0.4) is 0 Å². The van der Waals surface area contributed by atoms with Gasteiger partial charge in [-0.15, -0.1) is 0 Å². The van der Waals surface area contributed by atoms with Crippen LogP contribution >= 0.6 is 11.3 Å². The molecule has 4 aromatic rings. The normalized spacial score (nSPS) is 11.7. The number of thiazole rings is 1. The third-order valence-corrected chi connectivity index (χ3v) is 7.31. The number of hydrogen-bond donors (Lipinski definition) is 1. The molecule has 0 unspecified atom stereocenters. The van der Waals surface area contributed by atoms with Gasteiger partial charge in [0.2, 0.25) is 10.0 Å². The van der Waals surface area contributed by atoms with Gasteiger partial charge in [-0.1, -0.05) is 72.0 Å². The van der Waals surface area contributed by atoms with Gasteiger partial charge in [0, 0.05) is 6.54 Å². The Bertz CT molecular complexity index is 1290. The van der Waals surface area contributed by atoms with Crippen molar-refractivity contribution in [1.29, 1.82) is 0 Å². The molecule has 1 heterocycles. The van der Waals surface area contributed by atoms with Crippen LogP contribution in [0.25, 0.3) is 10.2 Å². The molecule has 0 radical (unpaired) electrons. The maximum absolute atomic E-state index is 12.7. The van der Waals surface area contributed by atoms with Crippen molar-refractivity contribution in [3.8, 4) is 0 Å². The summed E-state index contributed by atoms with van der Waals surface area (Å²) in [6.07, 6.45) is 1.53. The van der Waals surface area contributed by atoms with E-state index >= 15 is 0 Å². The molecule has 0 aliphatic carbocycles.